The van der Waals surface area contributed by atoms with Gasteiger partial charge in [-0.15, -0.1) is 0 Å². The number of hydrogen-bond donors (Lipinski definition) is 2. The molecule has 1 aromatic heterocycles. The van der Waals surface area contributed by atoms with Gasteiger partial charge in [0.15, 0.2) is 0 Å². The SMILES string of the molecule is C[C@H](NC(=O)c1cc(Cl)cnc1Oc1ccc(Cl)c(F)c1)c1ccccc1C(=O)O. The predicted molar refractivity (Wildman–Crippen MR) is 110 cm³/mol. The summed E-state index contributed by atoms with van der Waals surface area (Å²) in [5.41, 5.74) is 0.496. The van der Waals surface area contributed by atoms with E-state index in [1.54, 1.807) is 25.1 Å². The molecule has 30 heavy (non-hydrogen) atoms. The zero-order chi connectivity index (χ0) is 21.8. The summed E-state index contributed by atoms with van der Waals surface area (Å²) < 4.78 is 19.2. The molecule has 0 saturated heterocycles. The van der Waals surface area contributed by atoms with Gasteiger partial charge in [0.2, 0.25) is 5.88 Å². The van der Waals surface area contributed by atoms with Crippen LogP contribution in [-0.2, 0) is 0 Å². The number of amides is 1. The first-order valence-electron chi connectivity index (χ1n) is 8.67. The fourth-order valence-corrected chi connectivity index (χ4v) is 3.02. The van der Waals surface area contributed by atoms with E-state index in [4.69, 9.17) is 27.9 Å². The number of pyridine rings is 1. The van der Waals surface area contributed by atoms with Gasteiger partial charge >= 0.3 is 5.97 Å². The number of carbonyl (C=O) groups is 2. The minimum Gasteiger partial charge on any atom is -0.478 e. The quantitative estimate of drug-likeness (QED) is 0.518. The highest BCUT2D eigenvalue weighted by atomic mass is 35.5. The number of aromatic nitrogens is 1. The van der Waals surface area contributed by atoms with Gasteiger partial charge in [-0.2, -0.15) is 0 Å². The molecule has 0 aliphatic heterocycles. The van der Waals surface area contributed by atoms with E-state index < -0.39 is 23.7 Å². The molecule has 3 aromatic rings. The third kappa shape index (κ3) is 4.87. The van der Waals surface area contributed by atoms with Crippen LogP contribution < -0.4 is 10.1 Å². The molecular formula is C21H15Cl2FN2O4. The molecule has 0 aliphatic carbocycles. The molecule has 0 spiro atoms. The number of nitrogens with one attached hydrogen (secondary N) is 1. The lowest BCUT2D eigenvalue weighted by Gasteiger charge is -2.17. The van der Waals surface area contributed by atoms with Crippen molar-refractivity contribution < 1.29 is 23.8 Å². The van der Waals surface area contributed by atoms with Crippen molar-refractivity contribution in [2.24, 2.45) is 0 Å². The first-order chi connectivity index (χ1) is 14.3. The molecule has 1 atom stereocenters. The Hall–Kier alpha value is -3.16. The van der Waals surface area contributed by atoms with E-state index in [0.717, 1.165) is 6.07 Å². The zero-order valence-electron chi connectivity index (χ0n) is 15.5. The van der Waals surface area contributed by atoms with Crippen LogP contribution in [0.25, 0.3) is 0 Å². The van der Waals surface area contributed by atoms with Crippen LogP contribution in [0.3, 0.4) is 0 Å². The highest BCUT2D eigenvalue weighted by Crippen LogP contribution is 2.28. The fourth-order valence-electron chi connectivity index (χ4n) is 2.74. The number of halogens is 3. The second-order valence-corrected chi connectivity index (χ2v) is 7.12. The van der Waals surface area contributed by atoms with Crippen molar-refractivity contribution >= 4 is 35.1 Å². The first-order valence-corrected chi connectivity index (χ1v) is 9.43. The molecule has 2 aromatic carbocycles. The number of ether oxygens (including phenoxy) is 1. The van der Waals surface area contributed by atoms with Gasteiger partial charge in [0.1, 0.15) is 17.1 Å². The van der Waals surface area contributed by atoms with Crippen LogP contribution in [0, 0.1) is 5.82 Å². The maximum atomic E-state index is 13.7. The van der Waals surface area contributed by atoms with Crippen molar-refractivity contribution in [1.29, 1.82) is 0 Å². The Kier molecular flexibility index (Phi) is 6.54. The molecule has 154 valence electrons. The zero-order valence-corrected chi connectivity index (χ0v) is 17.0. The van der Waals surface area contributed by atoms with Crippen LogP contribution >= 0.6 is 23.2 Å². The number of hydrogen-bond acceptors (Lipinski definition) is 4. The number of nitrogens with zero attached hydrogens (tertiary/aromatic N) is 1. The molecule has 6 nitrogen and oxygen atoms in total. The molecular weight excluding hydrogens is 434 g/mol. The number of rotatable bonds is 6. The minimum absolute atomic E-state index is 0.00230. The van der Waals surface area contributed by atoms with Gasteiger partial charge in [-0.1, -0.05) is 41.4 Å². The molecule has 0 fully saturated rings. The van der Waals surface area contributed by atoms with Gasteiger partial charge in [-0.25, -0.2) is 14.2 Å². The lowest BCUT2D eigenvalue weighted by atomic mass is 10.0. The summed E-state index contributed by atoms with van der Waals surface area (Å²) in [5.74, 6) is -2.40. The second-order valence-electron chi connectivity index (χ2n) is 6.27. The smallest absolute Gasteiger partial charge is 0.336 e. The summed E-state index contributed by atoms with van der Waals surface area (Å²) in [6.07, 6.45) is 1.28. The molecule has 2 N–H and O–H groups in total. The van der Waals surface area contributed by atoms with Gasteiger partial charge in [0, 0.05) is 12.3 Å². The van der Waals surface area contributed by atoms with Crippen LogP contribution in [0.5, 0.6) is 11.6 Å². The Labute approximate surface area is 181 Å². The van der Waals surface area contributed by atoms with Crippen LogP contribution in [-0.4, -0.2) is 22.0 Å². The van der Waals surface area contributed by atoms with E-state index in [0.29, 0.717) is 5.56 Å². The minimum atomic E-state index is -1.11. The molecule has 3 rings (SSSR count). The van der Waals surface area contributed by atoms with Gasteiger partial charge in [0.05, 0.1) is 21.7 Å². The Morgan fingerprint density at radius 3 is 2.57 bits per heavy atom. The van der Waals surface area contributed by atoms with Crippen molar-refractivity contribution in [2.75, 3.05) is 0 Å². The largest absolute Gasteiger partial charge is 0.478 e. The molecule has 0 bridgehead atoms. The molecule has 0 radical (unpaired) electrons. The molecule has 0 unspecified atom stereocenters. The van der Waals surface area contributed by atoms with E-state index in [1.165, 1.54) is 30.5 Å². The van der Waals surface area contributed by atoms with Crippen molar-refractivity contribution in [2.45, 2.75) is 13.0 Å². The molecule has 1 amide bonds. The number of carboxylic acid groups (broad SMARTS) is 1. The van der Waals surface area contributed by atoms with Crippen molar-refractivity contribution in [3.05, 3.63) is 87.3 Å². The van der Waals surface area contributed by atoms with Crippen molar-refractivity contribution in [3.63, 3.8) is 0 Å². The lowest BCUT2D eigenvalue weighted by Crippen LogP contribution is -2.28. The average Bonchev–Trinajstić information content (AvgIpc) is 2.71. The Balaban J connectivity index is 1.88. The van der Waals surface area contributed by atoms with E-state index in [1.807, 2.05) is 0 Å². The Morgan fingerprint density at radius 1 is 1.13 bits per heavy atom. The van der Waals surface area contributed by atoms with E-state index in [9.17, 15) is 19.1 Å². The normalized spacial score (nSPS) is 11.6. The summed E-state index contributed by atoms with van der Waals surface area (Å²) in [5, 5.41) is 12.2. The summed E-state index contributed by atoms with van der Waals surface area (Å²) in [6, 6.07) is 10.8. The van der Waals surface area contributed by atoms with E-state index in [-0.39, 0.29) is 32.8 Å². The maximum absolute atomic E-state index is 13.7. The standard InChI is InChI=1S/C21H15Cl2FN2O4/c1-11(14-4-2-3-5-15(14)21(28)29)26-19(27)16-8-12(22)10-25-20(16)30-13-6-7-17(23)18(24)9-13/h2-11H,1H3,(H,26,27)(H,28,29)/t11-/m0/s1. The summed E-state index contributed by atoms with van der Waals surface area (Å²) in [4.78, 5) is 28.3. The van der Waals surface area contributed by atoms with Crippen molar-refractivity contribution in [1.82, 2.24) is 10.3 Å². The Bertz CT molecular complexity index is 1120. The number of carboxylic acids is 1. The van der Waals surface area contributed by atoms with Gasteiger partial charge in [-0.05, 0) is 36.8 Å². The third-order valence-corrected chi connectivity index (χ3v) is 4.69. The van der Waals surface area contributed by atoms with Gasteiger partial charge in [-0.3, -0.25) is 4.79 Å². The summed E-state index contributed by atoms with van der Waals surface area (Å²) in [7, 11) is 0. The van der Waals surface area contributed by atoms with Gasteiger partial charge in [0.25, 0.3) is 5.91 Å². The predicted octanol–water partition coefficient (Wildman–Crippen LogP) is 5.51. The number of aromatic carboxylic acids is 1. The van der Waals surface area contributed by atoms with Crippen molar-refractivity contribution in [3.8, 4) is 11.6 Å². The van der Waals surface area contributed by atoms with E-state index >= 15 is 0 Å². The second kappa shape index (κ2) is 9.11. The maximum Gasteiger partial charge on any atom is 0.336 e. The van der Waals surface area contributed by atoms with E-state index in [2.05, 4.69) is 10.3 Å². The molecule has 0 saturated carbocycles. The van der Waals surface area contributed by atoms with Crippen LogP contribution in [0.2, 0.25) is 10.0 Å². The van der Waals surface area contributed by atoms with Crippen LogP contribution in [0.1, 0.15) is 39.2 Å². The molecule has 9 heteroatoms. The average molecular weight is 449 g/mol. The topological polar surface area (TPSA) is 88.5 Å². The summed E-state index contributed by atoms with van der Waals surface area (Å²) >= 11 is 11.6. The lowest BCUT2D eigenvalue weighted by molar-refractivity contribution is 0.0693. The molecule has 0 aliphatic rings. The molecule has 1 heterocycles. The van der Waals surface area contributed by atoms with Crippen LogP contribution in [0.4, 0.5) is 4.39 Å². The van der Waals surface area contributed by atoms with Crippen LogP contribution in [0.15, 0.2) is 54.7 Å². The summed E-state index contributed by atoms with van der Waals surface area (Å²) in [6.45, 7) is 1.65. The van der Waals surface area contributed by atoms with Gasteiger partial charge < -0.3 is 15.2 Å². The monoisotopic (exact) mass is 448 g/mol. The Morgan fingerprint density at radius 2 is 1.87 bits per heavy atom. The highest BCUT2D eigenvalue weighted by molar-refractivity contribution is 6.31. The third-order valence-electron chi connectivity index (χ3n) is 4.17. The number of carbonyl (C=O) groups excluding carboxylic acids is 1. The highest BCUT2D eigenvalue weighted by Gasteiger charge is 2.21. The fraction of sp³-hybridized carbons (Fsp3) is 0.0952. The number of benzene rings is 2. The first kappa shape index (κ1) is 21.5.